The number of fused-ring (bicyclic) bond motifs is 1. The lowest BCUT2D eigenvalue weighted by Crippen LogP contribution is -2.40. The van der Waals surface area contributed by atoms with Gasteiger partial charge in [-0.1, -0.05) is 0 Å². The van der Waals surface area contributed by atoms with Crippen LogP contribution in [0, 0.1) is 5.82 Å². The highest BCUT2D eigenvalue weighted by Gasteiger charge is 2.27. The lowest BCUT2D eigenvalue weighted by atomic mass is 10.1. The molecule has 2 heterocycles. The summed E-state index contributed by atoms with van der Waals surface area (Å²) in [7, 11) is -2.48. The number of carbonyl (C=O) groups excluding carboxylic acids is 1. The van der Waals surface area contributed by atoms with Crippen molar-refractivity contribution in [1.29, 1.82) is 0 Å². The number of sulfonamides is 1. The summed E-state index contributed by atoms with van der Waals surface area (Å²) in [4.78, 5) is 27.7. The number of pyridine rings is 1. The minimum atomic E-state index is -3.81. The fourth-order valence-corrected chi connectivity index (χ4v) is 4.91. The quantitative estimate of drug-likeness (QED) is 0.600. The van der Waals surface area contributed by atoms with Crippen LogP contribution in [0.4, 0.5) is 10.1 Å². The molecule has 0 saturated carbocycles. The van der Waals surface area contributed by atoms with Gasteiger partial charge in [0.2, 0.25) is 15.6 Å². The number of halogens is 1. The first kappa shape index (κ1) is 21.9. The normalized spacial score (nSPS) is 14.9. The highest BCUT2D eigenvalue weighted by atomic mass is 32.2. The SMILES string of the molecule is COc1cc(F)ccc1NC(=O)c1cc(=O)[nH]c2ccc(S(=O)(=O)N3CCOCC3)cc12. The van der Waals surface area contributed by atoms with Gasteiger partial charge in [-0.15, -0.1) is 0 Å². The maximum Gasteiger partial charge on any atom is 0.256 e. The molecule has 2 aromatic carbocycles. The summed E-state index contributed by atoms with van der Waals surface area (Å²) < 4.78 is 51.1. The fraction of sp³-hybridized carbons (Fsp3) is 0.238. The van der Waals surface area contributed by atoms with E-state index in [0.717, 1.165) is 18.2 Å². The monoisotopic (exact) mass is 461 g/mol. The molecule has 3 aromatic rings. The van der Waals surface area contributed by atoms with E-state index in [4.69, 9.17) is 9.47 Å². The van der Waals surface area contributed by atoms with Gasteiger partial charge in [0.25, 0.3) is 5.91 Å². The molecule has 1 saturated heterocycles. The molecule has 0 atom stereocenters. The molecule has 0 aliphatic carbocycles. The molecule has 168 valence electrons. The zero-order valence-corrected chi connectivity index (χ0v) is 17.9. The van der Waals surface area contributed by atoms with Crippen LogP contribution in [0.3, 0.4) is 0 Å². The van der Waals surface area contributed by atoms with E-state index in [1.807, 2.05) is 0 Å². The van der Waals surface area contributed by atoms with E-state index in [2.05, 4.69) is 10.3 Å². The van der Waals surface area contributed by atoms with Gasteiger partial charge in [-0.2, -0.15) is 4.31 Å². The number of rotatable bonds is 5. The number of amides is 1. The molecule has 0 radical (unpaired) electrons. The largest absolute Gasteiger partial charge is 0.494 e. The molecule has 0 unspecified atom stereocenters. The summed E-state index contributed by atoms with van der Waals surface area (Å²) in [5.74, 6) is -1.12. The van der Waals surface area contributed by atoms with E-state index < -0.39 is 27.3 Å². The van der Waals surface area contributed by atoms with Gasteiger partial charge in [0, 0.05) is 36.1 Å². The highest BCUT2D eigenvalue weighted by molar-refractivity contribution is 7.89. The van der Waals surface area contributed by atoms with Crippen molar-refractivity contribution in [2.24, 2.45) is 0 Å². The molecule has 4 rings (SSSR count). The van der Waals surface area contributed by atoms with Crippen molar-refractivity contribution in [3.8, 4) is 5.75 Å². The van der Waals surface area contributed by atoms with E-state index in [0.29, 0.717) is 18.7 Å². The number of aromatic amines is 1. The Morgan fingerprint density at radius 2 is 1.91 bits per heavy atom. The van der Waals surface area contributed by atoms with Crippen LogP contribution < -0.4 is 15.6 Å². The van der Waals surface area contributed by atoms with Crippen molar-refractivity contribution in [2.45, 2.75) is 4.90 Å². The lowest BCUT2D eigenvalue weighted by Gasteiger charge is -2.26. The standard InChI is InChI=1S/C21H20FN3O6S/c1-30-19-10-13(22)2-4-18(19)24-21(27)16-12-20(26)23-17-5-3-14(11-15(16)17)32(28,29)25-6-8-31-9-7-25/h2-5,10-12H,6-9H2,1H3,(H,23,26)(H,24,27). The van der Waals surface area contributed by atoms with Crippen LogP contribution in [0.25, 0.3) is 10.9 Å². The van der Waals surface area contributed by atoms with Crippen molar-refractivity contribution in [3.63, 3.8) is 0 Å². The molecular formula is C21H20FN3O6S. The summed E-state index contributed by atoms with van der Waals surface area (Å²) in [5.41, 5.74) is -0.0641. The zero-order chi connectivity index (χ0) is 22.9. The Labute approximate surface area is 182 Å². The third-order valence-electron chi connectivity index (χ3n) is 5.08. The zero-order valence-electron chi connectivity index (χ0n) is 17.1. The molecule has 32 heavy (non-hydrogen) atoms. The van der Waals surface area contributed by atoms with Crippen LogP contribution in [-0.2, 0) is 14.8 Å². The average molecular weight is 461 g/mol. The molecule has 1 aromatic heterocycles. The summed E-state index contributed by atoms with van der Waals surface area (Å²) in [6.07, 6.45) is 0. The Bertz CT molecular complexity index is 1350. The number of ether oxygens (including phenoxy) is 2. The molecule has 9 nitrogen and oxygen atoms in total. The topological polar surface area (TPSA) is 118 Å². The molecular weight excluding hydrogens is 441 g/mol. The number of carbonyl (C=O) groups is 1. The number of nitrogens with one attached hydrogen (secondary N) is 2. The van der Waals surface area contributed by atoms with Crippen molar-refractivity contribution in [3.05, 3.63) is 64.2 Å². The number of nitrogens with zero attached hydrogens (tertiary/aromatic N) is 1. The summed E-state index contributed by atoms with van der Waals surface area (Å²) in [6.45, 7) is 1.05. The van der Waals surface area contributed by atoms with Crippen LogP contribution in [0.5, 0.6) is 5.75 Å². The maximum absolute atomic E-state index is 13.5. The predicted molar refractivity (Wildman–Crippen MR) is 115 cm³/mol. The Kier molecular flexibility index (Phi) is 5.96. The second-order valence-electron chi connectivity index (χ2n) is 7.07. The second kappa shape index (κ2) is 8.69. The Morgan fingerprint density at radius 3 is 2.62 bits per heavy atom. The van der Waals surface area contributed by atoms with Gasteiger partial charge in [0.1, 0.15) is 11.6 Å². The van der Waals surface area contributed by atoms with E-state index in [-0.39, 0.29) is 40.4 Å². The van der Waals surface area contributed by atoms with Gasteiger partial charge < -0.3 is 19.8 Å². The number of methoxy groups -OCH3 is 1. The third-order valence-corrected chi connectivity index (χ3v) is 6.97. The number of benzene rings is 2. The molecule has 0 spiro atoms. The molecule has 1 aliphatic heterocycles. The molecule has 11 heteroatoms. The van der Waals surface area contributed by atoms with Crippen molar-refractivity contribution in [2.75, 3.05) is 38.7 Å². The molecule has 1 fully saturated rings. The van der Waals surface area contributed by atoms with Crippen LogP contribution in [0.2, 0.25) is 0 Å². The number of H-pyrrole nitrogens is 1. The highest BCUT2D eigenvalue weighted by Crippen LogP contribution is 2.27. The molecule has 1 amide bonds. The van der Waals surface area contributed by atoms with E-state index in [1.165, 1.54) is 35.7 Å². The number of anilines is 1. The first-order chi connectivity index (χ1) is 15.3. The van der Waals surface area contributed by atoms with E-state index in [9.17, 15) is 22.4 Å². The van der Waals surface area contributed by atoms with Crippen molar-refractivity contribution >= 4 is 32.5 Å². The number of hydrogen-bond donors (Lipinski definition) is 2. The number of aromatic nitrogens is 1. The number of morpholine rings is 1. The van der Waals surface area contributed by atoms with Gasteiger partial charge >= 0.3 is 0 Å². The van der Waals surface area contributed by atoms with Gasteiger partial charge in [-0.3, -0.25) is 9.59 Å². The second-order valence-corrected chi connectivity index (χ2v) is 9.01. The van der Waals surface area contributed by atoms with Crippen LogP contribution in [0.1, 0.15) is 10.4 Å². The van der Waals surface area contributed by atoms with Gasteiger partial charge in [0.05, 0.1) is 36.5 Å². The summed E-state index contributed by atoms with van der Waals surface area (Å²) in [5, 5.41) is 2.83. The Hall–Kier alpha value is -3.28. The minimum absolute atomic E-state index is 0.00707. The molecule has 2 N–H and O–H groups in total. The van der Waals surface area contributed by atoms with Crippen molar-refractivity contribution in [1.82, 2.24) is 9.29 Å². The summed E-state index contributed by atoms with van der Waals surface area (Å²) in [6, 6.07) is 8.86. The first-order valence-electron chi connectivity index (χ1n) is 9.69. The van der Waals surface area contributed by atoms with Gasteiger partial charge in [-0.25, -0.2) is 12.8 Å². The van der Waals surface area contributed by atoms with Crippen LogP contribution >= 0.6 is 0 Å². The lowest BCUT2D eigenvalue weighted by molar-refractivity contribution is 0.0730. The molecule has 0 bridgehead atoms. The molecule has 1 aliphatic rings. The number of hydrogen-bond acceptors (Lipinski definition) is 6. The summed E-state index contributed by atoms with van der Waals surface area (Å²) >= 11 is 0. The van der Waals surface area contributed by atoms with Crippen LogP contribution in [0.15, 0.2) is 52.2 Å². The maximum atomic E-state index is 13.5. The average Bonchev–Trinajstić information content (AvgIpc) is 2.79. The van der Waals surface area contributed by atoms with Gasteiger partial charge in [0.15, 0.2) is 0 Å². The van der Waals surface area contributed by atoms with E-state index in [1.54, 1.807) is 0 Å². The van der Waals surface area contributed by atoms with Crippen LogP contribution in [-0.4, -0.2) is 57.0 Å². The Balaban J connectivity index is 1.76. The van der Waals surface area contributed by atoms with E-state index >= 15 is 0 Å². The van der Waals surface area contributed by atoms with Crippen molar-refractivity contribution < 1.29 is 27.1 Å². The predicted octanol–water partition coefficient (Wildman–Crippen LogP) is 1.95. The van der Waals surface area contributed by atoms with Gasteiger partial charge in [-0.05, 0) is 30.3 Å². The first-order valence-corrected chi connectivity index (χ1v) is 11.1. The minimum Gasteiger partial charge on any atom is -0.494 e. The smallest absolute Gasteiger partial charge is 0.256 e. The third kappa shape index (κ3) is 4.22. The Morgan fingerprint density at radius 1 is 1.16 bits per heavy atom. The fourth-order valence-electron chi connectivity index (χ4n) is 3.48.